The first-order chi connectivity index (χ1) is 8.70. The predicted octanol–water partition coefficient (Wildman–Crippen LogP) is 1.47. The van der Waals surface area contributed by atoms with Gasteiger partial charge >= 0.3 is 0 Å². The molecule has 18 heavy (non-hydrogen) atoms. The zero-order valence-electron chi connectivity index (χ0n) is 11.1. The van der Waals surface area contributed by atoms with Gasteiger partial charge in [0.15, 0.2) is 5.76 Å². The van der Waals surface area contributed by atoms with Crippen LogP contribution < -0.4 is 5.32 Å². The number of rotatable bonds is 5. The summed E-state index contributed by atoms with van der Waals surface area (Å²) in [6, 6.07) is 1.86. The number of carbonyl (C=O) groups excluding carboxylic acids is 1. The smallest absolute Gasteiger partial charge is 0.240 e. The molecule has 1 amide bonds. The van der Waals surface area contributed by atoms with Gasteiger partial charge in [-0.3, -0.25) is 4.79 Å². The van der Waals surface area contributed by atoms with Gasteiger partial charge in [0.05, 0.1) is 18.3 Å². The van der Waals surface area contributed by atoms with Crippen molar-refractivity contribution in [3.05, 3.63) is 17.5 Å². The molecule has 0 bridgehead atoms. The number of aryl methyl sites for hydroxylation is 1. The average Bonchev–Trinajstić information content (AvgIpc) is 2.76. The molecule has 5 nitrogen and oxygen atoms in total. The summed E-state index contributed by atoms with van der Waals surface area (Å²) in [5.74, 6) is 0.945. The summed E-state index contributed by atoms with van der Waals surface area (Å²) in [5, 5.41) is 7.15. The second-order valence-corrected chi connectivity index (χ2v) is 4.84. The summed E-state index contributed by atoms with van der Waals surface area (Å²) < 4.78 is 5.17. The molecule has 1 aromatic heterocycles. The van der Waals surface area contributed by atoms with E-state index < -0.39 is 0 Å². The Kier molecular flexibility index (Phi) is 4.36. The monoisotopic (exact) mass is 251 g/mol. The lowest BCUT2D eigenvalue weighted by Gasteiger charge is -2.32. The molecule has 0 aromatic carbocycles. The number of piperidine rings is 1. The zero-order valence-corrected chi connectivity index (χ0v) is 11.1. The molecule has 1 aromatic rings. The number of aromatic nitrogens is 1. The maximum atomic E-state index is 12.2. The Morgan fingerprint density at radius 2 is 2.44 bits per heavy atom. The van der Waals surface area contributed by atoms with Gasteiger partial charge in [-0.1, -0.05) is 12.1 Å². The topological polar surface area (TPSA) is 58.4 Å². The minimum atomic E-state index is -0.0253. The molecule has 1 aliphatic heterocycles. The van der Waals surface area contributed by atoms with Gasteiger partial charge in [0.2, 0.25) is 5.91 Å². The number of likely N-dealkylation sites (tertiary alicyclic amines) is 1. The van der Waals surface area contributed by atoms with Crippen LogP contribution in [0.2, 0.25) is 0 Å². The molecule has 1 aliphatic rings. The normalized spacial score (nSPS) is 20.4. The minimum Gasteiger partial charge on any atom is -0.359 e. The van der Waals surface area contributed by atoms with Crippen LogP contribution in [0.25, 0.3) is 0 Å². The summed E-state index contributed by atoms with van der Waals surface area (Å²) in [6.07, 6.45) is 3.02. The van der Waals surface area contributed by atoms with Crippen molar-refractivity contribution in [2.75, 3.05) is 13.1 Å². The third-order valence-corrected chi connectivity index (χ3v) is 3.19. The van der Waals surface area contributed by atoms with Crippen molar-refractivity contribution in [3.63, 3.8) is 0 Å². The van der Waals surface area contributed by atoms with E-state index in [-0.39, 0.29) is 11.9 Å². The molecule has 1 atom stereocenters. The Morgan fingerprint density at radius 1 is 1.61 bits per heavy atom. The van der Waals surface area contributed by atoms with Gasteiger partial charge in [0, 0.05) is 12.6 Å². The van der Waals surface area contributed by atoms with Crippen LogP contribution in [0.3, 0.4) is 0 Å². The SMILES string of the molecule is CCCNC1CCCN(Cc2cc(C)no2)C1=O. The van der Waals surface area contributed by atoms with E-state index in [2.05, 4.69) is 17.4 Å². The van der Waals surface area contributed by atoms with Gasteiger partial charge in [0.1, 0.15) is 0 Å². The number of nitrogens with zero attached hydrogens (tertiary/aromatic N) is 2. The zero-order chi connectivity index (χ0) is 13.0. The molecular weight excluding hydrogens is 230 g/mol. The minimum absolute atomic E-state index is 0.0253. The van der Waals surface area contributed by atoms with Gasteiger partial charge in [-0.25, -0.2) is 0 Å². The van der Waals surface area contributed by atoms with E-state index in [1.165, 1.54) is 0 Å². The Hall–Kier alpha value is -1.36. The molecule has 0 radical (unpaired) electrons. The number of nitrogens with one attached hydrogen (secondary N) is 1. The average molecular weight is 251 g/mol. The van der Waals surface area contributed by atoms with E-state index in [1.54, 1.807) is 0 Å². The first-order valence-electron chi connectivity index (χ1n) is 6.65. The molecule has 2 heterocycles. The molecule has 1 unspecified atom stereocenters. The molecule has 5 heteroatoms. The third-order valence-electron chi connectivity index (χ3n) is 3.19. The van der Waals surface area contributed by atoms with E-state index in [0.29, 0.717) is 6.54 Å². The van der Waals surface area contributed by atoms with Crippen molar-refractivity contribution >= 4 is 5.91 Å². The van der Waals surface area contributed by atoms with Crippen molar-refractivity contribution < 1.29 is 9.32 Å². The molecule has 0 aliphatic carbocycles. The lowest BCUT2D eigenvalue weighted by Crippen LogP contribution is -2.50. The first-order valence-corrected chi connectivity index (χ1v) is 6.65. The predicted molar refractivity (Wildman–Crippen MR) is 68.0 cm³/mol. The largest absolute Gasteiger partial charge is 0.359 e. The number of hydrogen-bond donors (Lipinski definition) is 1. The summed E-state index contributed by atoms with van der Waals surface area (Å²) in [7, 11) is 0. The van der Waals surface area contributed by atoms with Crippen LogP contribution in [0.15, 0.2) is 10.6 Å². The Balaban J connectivity index is 1.93. The number of carbonyl (C=O) groups is 1. The molecule has 1 N–H and O–H groups in total. The lowest BCUT2D eigenvalue weighted by molar-refractivity contribution is -0.136. The van der Waals surface area contributed by atoms with Gasteiger partial charge in [-0.15, -0.1) is 0 Å². The molecular formula is C13H21N3O2. The van der Waals surface area contributed by atoms with Crippen molar-refractivity contribution in [3.8, 4) is 0 Å². The molecule has 1 saturated heterocycles. The van der Waals surface area contributed by atoms with Crippen LogP contribution in [-0.2, 0) is 11.3 Å². The van der Waals surface area contributed by atoms with Crippen LogP contribution in [0.4, 0.5) is 0 Å². The van der Waals surface area contributed by atoms with Crippen LogP contribution >= 0.6 is 0 Å². The summed E-state index contributed by atoms with van der Waals surface area (Å²) >= 11 is 0. The van der Waals surface area contributed by atoms with E-state index in [4.69, 9.17) is 4.52 Å². The van der Waals surface area contributed by atoms with Crippen LogP contribution in [-0.4, -0.2) is 35.1 Å². The summed E-state index contributed by atoms with van der Waals surface area (Å²) in [4.78, 5) is 14.1. The van der Waals surface area contributed by atoms with E-state index >= 15 is 0 Å². The van der Waals surface area contributed by atoms with E-state index in [1.807, 2.05) is 17.9 Å². The van der Waals surface area contributed by atoms with Crippen molar-refractivity contribution in [2.45, 2.75) is 45.7 Å². The highest BCUT2D eigenvalue weighted by Gasteiger charge is 2.28. The highest BCUT2D eigenvalue weighted by Crippen LogP contribution is 2.15. The van der Waals surface area contributed by atoms with Gasteiger partial charge in [-0.05, 0) is 32.7 Å². The second kappa shape index (κ2) is 6.00. The Bertz CT molecular complexity index is 403. The first kappa shape index (κ1) is 13.1. The molecule has 100 valence electrons. The van der Waals surface area contributed by atoms with Crippen LogP contribution in [0, 0.1) is 6.92 Å². The van der Waals surface area contributed by atoms with Crippen LogP contribution in [0.1, 0.15) is 37.6 Å². The maximum absolute atomic E-state index is 12.2. The Labute approximate surface area is 108 Å². The molecule has 1 fully saturated rings. The van der Waals surface area contributed by atoms with Gasteiger partial charge < -0.3 is 14.7 Å². The standard InChI is InChI=1S/C13H21N3O2/c1-3-6-14-12-5-4-7-16(13(12)17)9-11-8-10(2)15-18-11/h8,12,14H,3-7,9H2,1-2H3. The summed E-state index contributed by atoms with van der Waals surface area (Å²) in [6.45, 7) is 6.23. The van der Waals surface area contributed by atoms with Crippen molar-refractivity contribution in [1.82, 2.24) is 15.4 Å². The van der Waals surface area contributed by atoms with E-state index in [9.17, 15) is 4.79 Å². The fourth-order valence-electron chi connectivity index (χ4n) is 2.28. The highest BCUT2D eigenvalue weighted by atomic mass is 16.5. The quantitative estimate of drug-likeness (QED) is 0.861. The van der Waals surface area contributed by atoms with Crippen molar-refractivity contribution in [1.29, 1.82) is 0 Å². The fraction of sp³-hybridized carbons (Fsp3) is 0.692. The third kappa shape index (κ3) is 3.10. The van der Waals surface area contributed by atoms with E-state index in [0.717, 1.165) is 43.8 Å². The number of amides is 1. The van der Waals surface area contributed by atoms with Gasteiger partial charge in [0.25, 0.3) is 0 Å². The lowest BCUT2D eigenvalue weighted by atomic mass is 10.0. The molecule has 0 spiro atoms. The summed E-state index contributed by atoms with van der Waals surface area (Å²) in [5.41, 5.74) is 0.857. The molecule has 0 saturated carbocycles. The highest BCUT2D eigenvalue weighted by molar-refractivity contribution is 5.82. The number of hydrogen-bond acceptors (Lipinski definition) is 4. The van der Waals surface area contributed by atoms with Crippen LogP contribution in [0.5, 0.6) is 0 Å². The maximum Gasteiger partial charge on any atom is 0.240 e. The fourth-order valence-corrected chi connectivity index (χ4v) is 2.28. The second-order valence-electron chi connectivity index (χ2n) is 4.84. The van der Waals surface area contributed by atoms with Gasteiger partial charge in [-0.2, -0.15) is 0 Å². The molecule has 2 rings (SSSR count). The Morgan fingerprint density at radius 3 is 3.11 bits per heavy atom. The van der Waals surface area contributed by atoms with Crippen molar-refractivity contribution in [2.24, 2.45) is 0 Å².